The number of hydrogen-bond donors (Lipinski definition) is 2. The van der Waals surface area contributed by atoms with Gasteiger partial charge in [-0.2, -0.15) is 0 Å². The van der Waals surface area contributed by atoms with Crippen LogP contribution in [-0.2, 0) is 13.6 Å². The zero-order valence-electron chi connectivity index (χ0n) is 11.1. The Morgan fingerprint density at radius 1 is 1.44 bits per heavy atom. The number of nitrogens with zero attached hydrogens (tertiary/aromatic N) is 2. The summed E-state index contributed by atoms with van der Waals surface area (Å²) < 4.78 is 2.57. The predicted molar refractivity (Wildman–Crippen MR) is 71.8 cm³/mol. The Labute approximate surface area is 105 Å². The van der Waals surface area contributed by atoms with Gasteiger partial charge >= 0.3 is 5.69 Å². The molecule has 1 aromatic rings. The van der Waals surface area contributed by atoms with Crippen LogP contribution < -0.4 is 22.3 Å². The van der Waals surface area contributed by atoms with Crippen LogP contribution in [0.2, 0.25) is 0 Å². The van der Waals surface area contributed by atoms with E-state index < -0.39 is 0 Å². The summed E-state index contributed by atoms with van der Waals surface area (Å²) in [6.07, 6.45) is 1.83. The molecule has 1 aliphatic rings. The fraction of sp³-hybridized carbons (Fsp3) is 0.667. The second-order valence-electron chi connectivity index (χ2n) is 5.02. The van der Waals surface area contributed by atoms with Crippen molar-refractivity contribution in [1.29, 1.82) is 0 Å². The smallest absolute Gasteiger partial charge is 0.332 e. The van der Waals surface area contributed by atoms with Crippen molar-refractivity contribution in [1.82, 2.24) is 9.13 Å². The van der Waals surface area contributed by atoms with E-state index in [9.17, 15) is 9.59 Å². The van der Waals surface area contributed by atoms with Crippen LogP contribution in [-0.4, -0.2) is 15.2 Å². The minimum absolute atomic E-state index is 0.254. The van der Waals surface area contributed by atoms with Gasteiger partial charge in [-0.25, -0.2) is 4.79 Å². The maximum absolute atomic E-state index is 12.0. The normalized spacial score (nSPS) is 21.9. The quantitative estimate of drug-likeness (QED) is 0.810. The number of aromatic nitrogens is 2. The van der Waals surface area contributed by atoms with E-state index >= 15 is 0 Å². The highest BCUT2D eigenvalue weighted by atomic mass is 16.2. The molecule has 100 valence electrons. The van der Waals surface area contributed by atoms with Crippen LogP contribution in [0.3, 0.4) is 0 Å². The summed E-state index contributed by atoms with van der Waals surface area (Å²) in [6.45, 7) is 4.60. The van der Waals surface area contributed by atoms with Crippen molar-refractivity contribution < 1.29 is 0 Å². The Kier molecular flexibility index (Phi) is 3.19. The van der Waals surface area contributed by atoms with Crippen molar-refractivity contribution >= 4 is 11.5 Å². The molecule has 6 heteroatoms. The minimum atomic E-state index is -0.353. The summed E-state index contributed by atoms with van der Waals surface area (Å²) in [7, 11) is 1.48. The standard InChI is InChI=1S/C12H20N4O2/c1-4-5-16-10(13)9(14-8-6-7(8)2)11(17)15(3)12(16)18/h7-8,14H,4-6,13H2,1-3H3. The molecule has 1 fully saturated rings. The molecule has 2 rings (SSSR count). The van der Waals surface area contributed by atoms with Crippen LogP contribution in [0, 0.1) is 5.92 Å². The third-order valence-electron chi connectivity index (χ3n) is 3.47. The summed E-state index contributed by atoms with van der Waals surface area (Å²) in [5.41, 5.74) is 5.61. The second-order valence-corrected chi connectivity index (χ2v) is 5.02. The van der Waals surface area contributed by atoms with Crippen LogP contribution in [0.15, 0.2) is 9.59 Å². The van der Waals surface area contributed by atoms with Gasteiger partial charge < -0.3 is 11.1 Å². The average molecular weight is 252 g/mol. The first kappa shape index (κ1) is 12.7. The van der Waals surface area contributed by atoms with Crippen molar-refractivity contribution in [2.24, 2.45) is 13.0 Å². The van der Waals surface area contributed by atoms with Crippen LogP contribution in [0.25, 0.3) is 0 Å². The number of nitrogens with one attached hydrogen (secondary N) is 1. The van der Waals surface area contributed by atoms with E-state index in [2.05, 4.69) is 12.2 Å². The van der Waals surface area contributed by atoms with Gasteiger partial charge in [0.25, 0.3) is 5.56 Å². The fourth-order valence-corrected chi connectivity index (χ4v) is 2.07. The summed E-state index contributed by atoms with van der Waals surface area (Å²) in [6, 6.07) is 0.299. The summed E-state index contributed by atoms with van der Waals surface area (Å²) in [5, 5.41) is 3.15. The summed E-state index contributed by atoms with van der Waals surface area (Å²) in [4.78, 5) is 24.0. The highest BCUT2D eigenvalue weighted by Gasteiger charge is 2.34. The fourth-order valence-electron chi connectivity index (χ4n) is 2.07. The lowest BCUT2D eigenvalue weighted by molar-refractivity contribution is 0.600. The van der Waals surface area contributed by atoms with E-state index in [0.29, 0.717) is 24.2 Å². The van der Waals surface area contributed by atoms with Crippen molar-refractivity contribution in [3.05, 3.63) is 20.8 Å². The average Bonchev–Trinajstić information content (AvgIpc) is 3.04. The SMILES string of the molecule is CCCn1c(N)c(NC2CC2C)c(=O)n(C)c1=O. The van der Waals surface area contributed by atoms with Gasteiger partial charge in [-0.3, -0.25) is 13.9 Å². The molecule has 0 aliphatic heterocycles. The maximum Gasteiger partial charge on any atom is 0.332 e. The van der Waals surface area contributed by atoms with E-state index in [-0.39, 0.29) is 17.1 Å². The minimum Gasteiger partial charge on any atom is -0.383 e. The van der Waals surface area contributed by atoms with Crippen molar-refractivity contribution in [3.63, 3.8) is 0 Å². The Morgan fingerprint density at radius 2 is 2.06 bits per heavy atom. The number of hydrogen-bond acceptors (Lipinski definition) is 4. The molecule has 6 nitrogen and oxygen atoms in total. The second kappa shape index (κ2) is 4.51. The Hall–Kier alpha value is -1.72. The van der Waals surface area contributed by atoms with Gasteiger partial charge in [0.1, 0.15) is 11.5 Å². The Bertz CT molecular complexity index is 573. The third-order valence-corrected chi connectivity index (χ3v) is 3.47. The van der Waals surface area contributed by atoms with Crippen LogP contribution in [0.5, 0.6) is 0 Å². The first-order valence-electron chi connectivity index (χ1n) is 6.33. The molecule has 18 heavy (non-hydrogen) atoms. The van der Waals surface area contributed by atoms with E-state index in [1.165, 1.54) is 11.6 Å². The first-order chi connectivity index (χ1) is 8.47. The topological polar surface area (TPSA) is 82.0 Å². The van der Waals surface area contributed by atoms with Crippen molar-refractivity contribution in [3.8, 4) is 0 Å². The predicted octanol–water partition coefficient (Wildman–Crippen LogP) is 0.360. The van der Waals surface area contributed by atoms with Crippen LogP contribution in [0.1, 0.15) is 26.7 Å². The molecule has 1 aromatic heterocycles. The molecule has 0 spiro atoms. The number of rotatable bonds is 4. The van der Waals surface area contributed by atoms with E-state index in [4.69, 9.17) is 5.73 Å². The zero-order chi connectivity index (χ0) is 13.4. The van der Waals surface area contributed by atoms with Gasteiger partial charge in [0, 0.05) is 19.6 Å². The van der Waals surface area contributed by atoms with Gasteiger partial charge in [-0.1, -0.05) is 13.8 Å². The van der Waals surface area contributed by atoms with Gasteiger partial charge in [-0.05, 0) is 18.8 Å². The lowest BCUT2D eigenvalue weighted by Crippen LogP contribution is -2.41. The van der Waals surface area contributed by atoms with Crippen LogP contribution in [0.4, 0.5) is 11.5 Å². The number of nitrogens with two attached hydrogens (primary N) is 1. The monoisotopic (exact) mass is 252 g/mol. The Morgan fingerprint density at radius 3 is 2.56 bits per heavy atom. The summed E-state index contributed by atoms with van der Waals surface area (Å²) >= 11 is 0. The van der Waals surface area contributed by atoms with Gasteiger partial charge in [-0.15, -0.1) is 0 Å². The molecule has 2 unspecified atom stereocenters. The molecule has 0 amide bonds. The third kappa shape index (κ3) is 2.02. The number of nitrogen functional groups attached to an aromatic ring is 1. The van der Waals surface area contributed by atoms with Crippen LogP contribution >= 0.6 is 0 Å². The molecular formula is C12H20N4O2. The lowest BCUT2D eigenvalue weighted by atomic mass is 10.3. The molecule has 1 heterocycles. The first-order valence-corrected chi connectivity index (χ1v) is 6.33. The lowest BCUT2D eigenvalue weighted by Gasteiger charge is -2.15. The van der Waals surface area contributed by atoms with Crippen molar-refractivity contribution in [2.45, 2.75) is 39.3 Å². The largest absolute Gasteiger partial charge is 0.383 e. The molecule has 1 aliphatic carbocycles. The molecule has 0 radical (unpaired) electrons. The Balaban J connectivity index is 2.50. The molecule has 3 N–H and O–H groups in total. The van der Waals surface area contributed by atoms with E-state index in [1.54, 1.807) is 0 Å². The molecule has 0 aromatic carbocycles. The molecule has 2 atom stereocenters. The molecular weight excluding hydrogens is 232 g/mol. The highest BCUT2D eigenvalue weighted by molar-refractivity contribution is 5.61. The summed E-state index contributed by atoms with van der Waals surface area (Å²) in [5.74, 6) is 0.810. The maximum atomic E-state index is 12.0. The molecule has 0 bridgehead atoms. The van der Waals surface area contributed by atoms with Gasteiger partial charge in [0.05, 0.1) is 0 Å². The molecule has 1 saturated carbocycles. The number of anilines is 2. The van der Waals surface area contributed by atoms with Gasteiger partial charge in [0.15, 0.2) is 0 Å². The zero-order valence-corrected chi connectivity index (χ0v) is 11.1. The highest BCUT2D eigenvalue weighted by Crippen LogP contribution is 2.32. The van der Waals surface area contributed by atoms with E-state index in [1.807, 2.05) is 6.92 Å². The molecule has 0 saturated heterocycles. The van der Waals surface area contributed by atoms with E-state index in [0.717, 1.165) is 17.4 Å². The van der Waals surface area contributed by atoms with Gasteiger partial charge in [0.2, 0.25) is 0 Å². The van der Waals surface area contributed by atoms with Crippen molar-refractivity contribution in [2.75, 3.05) is 11.1 Å².